The molecule has 0 aromatic heterocycles. The number of nitrogens with zero attached hydrogens (tertiary/aromatic N) is 2. The first kappa shape index (κ1) is 16.0. The van der Waals surface area contributed by atoms with Crippen LogP contribution < -0.4 is 10.2 Å². The Morgan fingerprint density at radius 2 is 2.40 bits per heavy atom. The summed E-state index contributed by atoms with van der Waals surface area (Å²) < 4.78 is 5.64. The highest BCUT2D eigenvalue weighted by Crippen LogP contribution is 2.26. The Morgan fingerprint density at radius 3 is 3.00 bits per heavy atom. The van der Waals surface area contributed by atoms with Crippen molar-refractivity contribution in [2.24, 2.45) is 5.10 Å². The monoisotopic (exact) mass is 293 g/mol. The smallest absolute Gasteiger partial charge is 0.254 e. The van der Waals surface area contributed by atoms with Gasteiger partial charge in [-0.2, -0.15) is 10.4 Å². The molecule has 0 spiro atoms. The van der Waals surface area contributed by atoms with Gasteiger partial charge in [-0.25, -0.2) is 5.43 Å². The molecular weight excluding hydrogens is 278 g/mol. The molecule has 0 aliphatic heterocycles. The molecule has 5 nitrogen and oxygen atoms in total. The average molecular weight is 294 g/mol. The Kier molecular flexibility index (Phi) is 6.54. The molecule has 0 aliphatic rings. The number of amides is 1. The van der Waals surface area contributed by atoms with Gasteiger partial charge in [-0.15, -0.1) is 0 Å². The highest BCUT2D eigenvalue weighted by molar-refractivity contribution is 6.32. The summed E-state index contributed by atoms with van der Waals surface area (Å²) in [4.78, 5) is 11.0. The van der Waals surface area contributed by atoms with E-state index < -0.39 is 5.91 Å². The first-order valence-corrected chi connectivity index (χ1v) is 6.59. The van der Waals surface area contributed by atoms with Crippen molar-refractivity contribution in [3.8, 4) is 11.8 Å². The van der Waals surface area contributed by atoms with E-state index in [2.05, 4.69) is 10.5 Å². The summed E-state index contributed by atoms with van der Waals surface area (Å²) in [5.74, 6) is 0.165. The second-order valence-electron chi connectivity index (χ2n) is 4.15. The van der Waals surface area contributed by atoms with E-state index in [9.17, 15) is 4.79 Å². The maximum atomic E-state index is 11.0. The number of hydrogen-bond donors (Lipinski definition) is 1. The maximum Gasteiger partial charge on any atom is 0.254 e. The molecule has 1 N–H and O–H groups in total. The molecule has 0 heterocycles. The maximum absolute atomic E-state index is 11.0. The predicted octanol–water partition coefficient (Wildman–Crippen LogP) is 2.88. The van der Waals surface area contributed by atoms with Crippen molar-refractivity contribution in [2.45, 2.75) is 32.8 Å². The average Bonchev–Trinajstić information content (AvgIpc) is 2.42. The quantitative estimate of drug-likeness (QED) is 0.647. The van der Waals surface area contributed by atoms with Crippen LogP contribution in [0, 0.1) is 11.3 Å². The summed E-state index contributed by atoms with van der Waals surface area (Å²) in [6, 6.07) is 6.96. The van der Waals surface area contributed by atoms with Crippen LogP contribution in [0.25, 0.3) is 0 Å². The molecule has 20 heavy (non-hydrogen) atoms. The zero-order valence-electron chi connectivity index (χ0n) is 11.4. The Morgan fingerprint density at radius 1 is 1.65 bits per heavy atom. The van der Waals surface area contributed by atoms with E-state index in [0.717, 1.165) is 12.0 Å². The van der Waals surface area contributed by atoms with Crippen LogP contribution in [0.1, 0.15) is 32.3 Å². The van der Waals surface area contributed by atoms with Crippen LogP contribution in [-0.2, 0) is 4.79 Å². The number of nitriles is 1. The van der Waals surface area contributed by atoms with Crippen LogP contribution in [0.5, 0.6) is 5.75 Å². The van der Waals surface area contributed by atoms with E-state index in [0.29, 0.717) is 10.8 Å². The summed E-state index contributed by atoms with van der Waals surface area (Å²) in [5.41, 5.74) is 2.97. The minimum atomic E-state index is -0.452. The summed E-state index contributed by atoms with van der Waals surface area (Å²) in [7, 11) is 0. The number of hydrazone groups is 1. The minimum Gasteiger partial charge on any atom is -0.489 e. The van der Waals surface area contributed by atoms with Gasteiger partial charge in [0.2, 0.25) is 0 Å². The molecule has 0 unspecified atom stereocenters. The van der Waals surface area contributed by atoms with Crippen molar-refractivity contribution < 1.29 is 9.53 Å². The lowest BCUT2D eigenvalue weighted by Crippen LogP contribution is -2.16. The highest BCUT2D eigenvalue weighted by Gasteiger charge is 2.06. The zero-order valence-corrected chi connectivity index (χ0v) is 12.1. The first-order chi connectivity index (χ1) is 9.56. The van der Waals surface area contributed by atoms with E-state index in [1.807, 2.05) is 13.8 Å². The lowest BCUT2D eigenvalue weighted by molar-refractivity contribution is -0.120. The molecule has 6 heteroatoms. The number of carbonyl (C=O) groups is 1. The standard InChI is InChI=1S/C14H16ClN3O2/c1-3-10(2)20-13-5-4-11(8-12(13)15)9-17-18-14(19)6-7-16/h4-5,8-10H,3,6H2,1-2H3,(H,18,19)/b17-9-/t10-/m1/s1. The van der Waals surface area contributed by atoms with Crippen LogP contribution in [0.15, 0.2) is 23.3 Å². The van der Waals surface area contributed by atoms with Gasteiger partial charge in [0.05, 0.1) is 23.4 Å². The van der Waals surface area contributed by atoms with Crippen LogP contribution in [0.4, 0.5) is 0 Å². The van der Waals surface area contributed by atoms with Crippen LogP contribution in [0.3, 0.4) is 0 Å². The summed E-state index contributed by atoms with van der Waals surface area (Å²) in [6.07, 6.45) is 2.22. The molecule has 0 saturated heterocycles. The second-order valence-corrected chi connectivity index (χ2v) is 4.56. The van der Waals surface area contributed by atoms with Crippen molar-refractivity contribution in [2.75, 3.05) is 0 Å². The van der Waals surface area contributed by atoms with E-state index in [4.69, 9.17) is 21.6 Å². The van der Waals surface area contributed by atoms with Gasteiger partial charge in [0.1, 0.15) is 12.2 Å². The molecule has 106 valence electrons. The third-order valence-electron chi connectivity index (χ3n) is 2.50. The molecule has 1 amide bonds. The molecule has 0 bridgehead atoms. The Bertz CT molecular complexity index is 538. The number of rotatable bonds is 6. The van der Waals surface area contributed by atoms with Gasteiger partial charge < -0.3 is 4.74 Å². The van der Waals surface area contributed by atoms with Gasteiger partial charge in [0, 0.05) is 0 Å². The number of halogens is 1. The molecular formula is C14H16ClN3O2. The van der Waals surface area contributed by atoms with E-state index in [1.165, 1.54) is 6.21 Å². The van der Waals surface area contributed by atoms with Crippen LogP contribution in [0.2, 0.25) is 5.02 Å². The number of benzene rings is 1. The van der Waals surface area contributed by atoms with Crippen molar-refractivity contribution in [3.63, 3.8) is 0 Å². The number of nitrogens with one attached hydrogen (secondary N) is 1. The first-order valence-electron chi connectivity index (χ1n) is 6.21. The van der Waals surface area contributed by atoms with Gasteiger partial charge in [-0.1, -0.05) is 18.5 Å². The molecule has 0 saturated carbocycles. The molecule has 1 aromatic rings. The van der Waals surface area contributed by atoms with E-state index >= 15 is 0 Å². The van der Waals surface area contributed by atoms with E-state index in [-0.39, 0.29) is 12.5 Å². The summed E-state index contributed by atoms with van der Waals surface area (Å²) in [5, 5.41) is 12.5. The largest absolute Gasteiger partial charge is 0.489 e. The van der Waals surface area contributed by atoms with Crippen molar-refractivity contribution in [3.05, 3.63) is 28.8 Å². The van der Waals surface area contributed by atoms with Crippen molar-refractivity contribution in [1.82, 2.24) is 5.43 Å². The SMILES string of the molecule is CC[C@@H](C)Oc1ccc(/C=N\NC(=O)CC#N)cc1Cl. The van der Waals surface area contributed by atoms with Crippen molar-refractivity contribution in [1.29, 1.82) is 5.26 Å². The van der Waals surface area contributed by atoms with Crippen molar-refractivity contribution >= 4 is 23.7 Å². The van der Waals surface area contributed by atoms with Gasteiger partial charge >= 0.3 is 0 Å². The van der Waals surface area contributed by atoms with Gasteiger partial charge in [0.15, 0.2) is 0 Å². The number of hydrogen-bond acceptors (Lipinski definition) is 4. The molecule has 0 radical (unpaired) electrons. The Hall–Kier alpha value is -2.06. The normalized spacial score (nSPS) is 11.9. The summed E-state index contributed by atoms with van der Waals surface area (Å²) >= 11 is 6.10. The third kappa shape index (κ3) is 5.29. The highest BCUT2D eigenvalue weighted by atomic mass is 35.5. The second kappa shape index (κ2) is 8.18. The van der Waals surface area contributed by atoms with Gasteiger partial charge in [0.25, 0.3) is 5.91 Å². The topological polar surface area (TPSA) is 74.5 Å². The fourth-order valence-electron chi connectivity index (χ4n) is 1.28. The molecule has 0 aliphatic carbocycles. The molecule has 0 fully saturated rings. The number of carbonyl (C=O) groups excluding carboxylic acids is 1. The van der Waals surface area contributed by atoms with Gasteiger partial charge in [-0.05, 0) is 37.1 Å². The lowest BCUT2D eigenvalue weighted by Gasteiger charge is -2.13. The molecule has 1 atom stereocenters. The lowest BCUT2D eigenvalue weighted by atomic mass is 10.2. The Labute approximate surface area is 123 Å². The molecule has 1 aromatic carbocycles. The Balaban J connectivity index is 2.66. The fraction of sp³-hybridized carbons (Fsp3) is 0.357. The minimum absolute atomic E-state index is 0.0947. The van der Waals surface area contributed by atoms with E-state index in [1.54, 1.807) is 24.3 Å². The zero-order chi connectivity index (χ0) is 15.0. The summed E-state index contributed by atoms with van der Waals surface area (Å²) in [6.45, 7) is 4.00. The predicted molar refractivity (Wildman–Crippen MR) is 77.8 cm³/mol. The van der Waals surface area contributed by atoms with Gasteiger partial charge in [-0.3, -0.25) is 4.79 Å². The third-order valence-corrected chi connectivity index (χ3v) is 2.80. The van der Waals surface area contributed by atoms with Crippen LogP contribution in [-0.4, -0.2) is 18.2 Å². The fourth-order valence-corrected chi connectivity index (χ4v) is 1.52. The van der Waals surface area contributed by atoms with Crippen LogP contribution >= 0.6 is 11.6 Å². The molecule has 1 rings (SSSR count). The number of ether oxygens (including phenoxy) is 1.